The van der Waals surface area contributed by atoms with Gasteiger partial charge in [0.05, 0.1) is 11.1 Å². The summed E-state index contributed by atoms with van der Waals surface area (Å²) in [6, 6.07) is 12.2. The second-order valence-electron chi connectivity index (χ2n) is 5.18. The topological polar surface area (TPSA) is 115 Å². The normalized spacial score (nSPS) is 11.0. The molecular formula is C17H10BrN3O5. The minimum Gasteiger partial charge on any atom is -0.422 e. The second-order valence-corrected chi connectivity index (χ2v) is 6.10. The largest absolute Gasteiger partial charge is 0.422 e. The lowest BCUT2D eigenvalue weighted by molar-refractivity contribution is -0.384. The number of amides is 1. The Morgan fingerprint density at radius 2 is 2.04 bits per heavy atom. The zero-order chi connectivity index (χ0) is 18.7. The van der Waals surface area contributed by atoms with Crippen LogP contribution >= 0.6 is 15.9 Å². The van der Waals surface area contributed by atoms with Crippen LogP contribution in [0.1, 0.15) is 15.9 Å². The third-order valence-electron chi connectivity index (χ3n) is 3.40. The van der Waals surface area contributed by atoms with Crippen LogP contribution in [0.3, 0.4) is 0 Å². The molecule has 1 heterocycles. The van der Waals surface area contributed by atoms with Gasteiger partial charge in [-0.05, 0) is 24.3 Å². The van der Waals surface area contributed by atoms with Crippen LogP contribution < -0.4 is 11.1 Å². The van der Waals surface area contributed by atoms with E-state index in [-0.39, 0.29) is 11.3 Å². The molecule has 0 radical (unpaired) electrons. The van der Waals surface area contributed by atoms with E-state index in [1.807, 2.05) is 0 Å². The summed E-state index contributed by atoms with van der Waals surface area (Å²) in [5, 5.41) is 15.0. The molecule has 0 spiro atoms. The Morgan fingerprint density at radius 3 is 2.81 bits per heavy atom. The highest BCUT2D eigenvalue weighted by Crippen LogP contribution is 2.19. The fourth-order valence-corrected chi connectivity index (χ4v) is 2.58. The maximum Gasteiger partial charge on any atom is 0.349 e. The van der Waals surface area contributed by atoms with Crippen molar-refractivity contribution >= 4 is 44.7 Å². The van der Waals surface area contributed by atoms with Crippen molar-refractivity contribution in [2.75, 3.05) is 0 Å². The predicted molar refractivity (Wildman–Crippen MR) is 98.3 cm³/mol. The van der Waals surface area contributed by atoms with Gasteiger partial charge in [0.1, 0.15) is 11.1 Å². The van der Waals surface area contributed by atoms with Crippen LogP contribution in [0.25, 0.3) is 11.0 Å². The molecule has 0 unspecified atom stereocenters. The first-order valence-electron chi connectivity index (χ1n) is 7.25. The van der Waals surface area contributed by atoms with Crippen LogP contribution in [0, 0.1) is 10.1 Å². The van der Waals surface area contributed by atoms with Gasteiger partial charge < -0.3 is 4.42 Å². The Balaban J connectivity index is 1.81. The molecular weight excluding hydrogens is 406 g/mol. The zero-order valence-corrected chi connectivity index (χ0v) is 14.6. The summed E-state index contributed by atoms with van der Waals surface area (Å²) in [5.41, 5.74) is 1.90. The van der Waals surface area contributed by atoms with Gasteiger partial charge >= 0.3 is 5.63 Å². The highest BCUT2D eigenvalue weighted by molar-refractivity contribution is 9.10. The molecule has 1 N–H and O–H groups in total. The molecule has 0 fully saturated rings. The van der Waals surface area contributed by atoms with Crippen LogP contribution in [0.15, 0.2) is 67.3 Å². The Bertz CT molecular complexity index is 1110. The summed E-state index contributed by atoms with van der Waals surface area (Å²) < 4.78 is 5.88. The van der Waals surface area contributed by atoms with Gasteiger partial charge in [-0.1, -0.05) is 28.1 Å². The Hall–Kier alpha value is -3.33. The third kappa shape index (κ3) is 3.83. The van der Waals surface area contributed by atoms with Crippen molar-refractivity contribution in [3.63, 3.8) is 0 Å². The number of carbonyl (C=O) groups excluding carboxylic acids is 1. The van der Waals surface area contributed by atoms with Crippen LogP contribution in [0.5, 0.6) is 0 Å². The molecule has 0 atom stereocenters. The quantitative estimate of drug-likeness (QED) is 0.304. The molecule has 1 aromatic heterocycles. The monoisotopic (exact) mass is 415 g/mol. The van der Waals surface area contributed by atoms with Crippen molar-refractivity contribution in [3.8, 4) is 0 Å². The SMILES string of the molecule is O=C(N/N=C\c1cccc([N+](=O)[O-])c1)c1cc2cc(Br)ccc2oc1=O. The number of nitrogens with one attached hydrogen (secondary N) is 1. The molecule has 0 aliphatic rings. The van der Waals surface area contributed by atoms with Crippen LogP contribution in [-0.4, -0.2) is 17.0 Å². The van der Waals surface area contributed by atoms with Gasteiger partial charge in [-0.15, -0.1) is 0 Å². The molecule has 3 rings (SSSR count). The number of hydrazone groups is 1. The standard InChI is InChI=1S/C17H10BrN3O5/c18-12-4-5-15-11(7-12)8-14(17(23)26-15)16(22)20-19-9-10-2-1-3-13(6-10)21(24)25/h1-9H,(H,20,22)/b19-9-. The molecule has 26 heavy (non-hydrogen) atoms. The molecule has 2 aromatic carbocycles. The minimum absolute atomic E-state index is 0.0963. The Morgan fingerprint density at radius 1 is 1.23 bits per heavy atom. The van der Waals surface area contributed by atoms with Crippen molar-refractivity contribution < 1.29 is 14.1 Å². The molecule has 0 aliphatic carbocycles. The van der Waals surface area contributed by atoms with Crippen molar-refractivity contribution in [1.82, 2.24) is 5.43 Å². The van der Waals surface area contributed by atoms with E-state index in [1.165, 1.54) is 30.5 Å². The molecule has 8 nitrogen and oxygen atoms in total. The van der Waals surface area contributed by atoms with E-state index in [4.69, 9.17) is 4.42 Å². The van der Waals surface area contributed by atoms with E-state index in [2.05, 4.69) is 26.5 Å². The van der Waals surface area contributed by atoms with E-state index in [1.54, 1.807) is 24.3 Å². The number of fused-ring (bicyclic) bond motifs is 1. The number of hydrogen-bond donors (Lipinski definition) is 1. The van der Waals surface area contributed by atoms with E-state index in [9.17, 15) is 19.7 Å². The molecule has 130 valence electrons. The summed E-state index contributed by atoms with van der Waals surface area (Å²) in [6.07, 6.45) is 1.24. The summed E-state index contributed by atoms with van der Waals surface area (Å²) in [4.78, 5) is 34.3. The lowest BCUT2D eigenvalue weighted by Gasteiger charge is -2.02. The van der Waals surface area contributed by atoms with E-state index >= 15 is 0 Å². The van der Waals surface area contributed by atoms with E-state index in [0.717, 1.165) is 4.47 Å². The van der Waals surface area contributed by atoms with Crippen molar-refractivity contribution in [3.05, 3.63) is 84.7 Å². The summed E-state index contributed by atoms with van der Waals surface area (Å²) >= 11 is 3.30. The highest BCUT2D eigenvalue weighted by atomic mass is 79.9. The molecule has 1 amide bonds. The van der Waals surface area contributed by atoms with Gasteiger partial charge in [-0.3, -0.25) is 14.9 Å². The number of carbonyl (C=O) groups is 1. The smallest absolute Gasteiger partial charge is 0.349 e. The van der Waals surface area contributed by atoms with E-state index < -0.39 is 16.5 Å². The molecule has 9 heteroatoms. The molecule has 0 saturated carbocycles. The number of non-ortho nitro benzene ring substituents is 1. The first kappa shape index (κ1) is 17.5. The number of hydrogen-bond acceptors (Lipinski definition) is 6. The summed E-state index contributed by atoms with van der Waals surface area (Å²) in [6.45, 7) is 0. The van der Waals surface area contributed by atoms with Gasteiger partial charge in [-0.2, -0.15) is 5.10 Å². The van der Waals surface area contributed by atoms with Crippen molar-refractivity contribution in [2.45, 2.75) is 0 Å². The average molecular weight is 416 g/mol. The molecule has 0 aliphatic heterocycles. The minimum atomic E-state index is -0.789. The van der Waals surface area contributed by atoms with Crippen LogP contribution in [0.2, 0.25) is 0 Å². The predicted octanol–water partition coefficient (Wildman–Crippen LogP) is 3.23. The second kappa shape index (κ2) is 7.28. The third-order valence-corrected chi connectivity index (χ3v) is 3.89. The van der Waals surface area contributed by atoms with E-state index in [0.29, 0.717) is 16.5 Å². The Labute approximate surface area is 154 Å². The number of nitro groups is 1. The lowest BCUT2D eigenvalue weighted by Crippen LogP contribution is -2.24. The zero-order valence-electron chi connectivity index (χ0n) is 13.0. The molecule has 0 saturated heterocycles. The summed E-state index contributed by atoms with van der Waals surface area (Å²) in [7, 11) is 0. The maximum atomic E-state index is 12.2. The summed E-state index contributed by atoms with van der Waals surface area (Å²) in [5.74, 6) is -0.748. The average Bonchev–Trinajstić information content (AvgIpc) is 2.61. The number of halogens is 1. The molecule has 3 aromatic rings. The van der Waals surface area contributed by atoms with Crippen molar-refractivity contribution in [2.24, 2.45) is 5.10 Å². The first-order chi connectivity index (χ1) is 12.4. The number of rotatable bonds is 4. The fraction of sp³-hybridized carbons (Fsp3) is 0. The van der Waals surface area contributed by atoms with Gasteiger partial charge in [0.15, 0.2) is 0 Å². The maximum absolute atomic E-state index is 12.2. The van der Waals surface area contributed by atoms with Gasteiger partial charge in [0, 0.05) is 27.6 Å². The van der Waals surface area contributed by atoms with Gasteiger partial charge in [0.25, 0.3) is 11.6 Å². The highest BCUT2D eigenvalue weighted by Gasteiger charge is 2.13. The van der Waals surface area contributed by atoms with Crippen LogP contribution in [-0.2, 0) is 0 Å². The number of benzene rings is 2. The van der Waals surface area contributed by atoms with Crippen LogP contribution in [0.4, 0.5) is 5.69 Å². The van der Waals surface area contributed by atoms with Gasteiger partial charge in [-0.25, -0.2) is 10.2 Å². The molecule has 0 bridgehead atoms. The first-order valence-corrected chi connectivity index (χ1v) is 8.04. The number of nitro benzene ring substituents is 1. The lowest BCUT2D eigenvalue weighted by atomic mass is 10.2. The number of nitrogens with zero attached hydrogens (tertiary/aromatic N) is 2. The van der Waals surface area contributed by atoms with Gasteiger partial charge in [0.2, 0.25) is 0 Å². The Kier molecular flexibility index (Phi) is 4.90. The fourth-order valence-electron chi connectivity index (χ4n) is 2.20. The van der Waals surface area contributed by atoms with Crippen molar-refractivity contribution in [1.29, 1.82) is 0 Å².